The first-order valence-corrected chi connectivity index (χ1v) is 5.67. The van der Waals surface area contributed by atoms with E-state index in [1.54, 1.807) is 0 Å². The Balaban J connectivity index is 2.36. The average molecular weight is 227 g/mol. The maximum atomic E-state index is 11.2. The van der Waals surface area contributed by atoms with Crippen LogP contribution in [-0.4, -0.2) is 48.8 Å². The summed E-state index contributed by atoms with van der Waals surface area (Å²) in [6.45, 7) is 8.61. The first-order valence-electron chi connectivity index (χ1n) is 5.67. The summed E-state index contributed by atoms with van der Waals surface area (Å²) >= 11 is 0. The van der Waals surface area contributed by atoms with E-state index in [0.29, 0.717) is 0 Å². The Morgan fingerprint density at radius 3 is 2.56 bits per heavy atom. The molecule has 16 heavy (non-hydrogen) atoms. The third-order valence-electron chi connectivity index (χ3n) is 3.01. The van der Waals surface area contributed by atoms with Crippen LogP contribution in [0.15, 0.2) is 12.2 Å². The van der Waals surface area contributed by atoms with Crippen molar-refractivity contribution in [2.45, 2.75) is 25.9 Å². The number of likely N-dealkylation sites (tertiary alicyclic amines) is 1. The van der Waals surface area contributed by atoms with E-state index in [1.807, 2.05) is 6.92 Å². The highest BCUT2D eigenvalue weighted by Gasteiger charge is 2.30. The van der Waals surface area contributed by atoms with Crippen molar-refractivity contribution in [2.24, 2.45) is 5.92 Å². The van der Waals surface area contributed by atoms with Crippen LogP contribution in [0.1, 0.15) is 19.8 Å². The molecule has 1 rings (SSSR count). The number of rotatable bonds is 4. The van der Waals surface area contributed by atoms with Gasteiger partial charge in [0.05, 0.1) is 7.11 Å². The third kappa shape index (κ3) is 3.61. The van der Waals surface area contributed by atoms with Gasteiger partial charge in [-0.25, -0.2) is 4.79 Å². The Morgan fingerprint density at radius 2 is 2.12 bits per heavy atom. The molecule has 4 nitrogen and oxygen atoms in total. The molecule has 0 radical (unpaired) electrons. The minimum Gasteiger partial charge on any atom is -0.467 e. The van der Waals surface area contributed by atoms with Crippen LogP contribution >= 0.6 is 0 Å². The van der Waals surface area contributed by atoms with Crippen LogP contribution in [0.2, 0.25) is 0 Å². The van der Waals surface area contributed by atoms with Gasteiger partial charge in [-0.15, -0.1) is 0 Å². The van der Waals surface area contributed by atoms with Gasteiger partial charge in [-0.3, -0.25) is 4.90 Å². The van der Waals surface area contributed by atoms with Gasteiger partial charge in [-0.2, -0.15) is 0 Å². The van der Waals surface area contributed by atoms with Crippen LogP contribution in [-0.2, 0) is 9.53 Å². The van der Waals surface area contributed by atoms with E-state index < -0.39 is 12.1 Å². The molecule has 0 bridgehead atoms. The van der Waals surface area contributed by atoms with Crippen molar-refractivity contribution in [1.82, 2.24) is 4.90 Å². The van der Waals surface area contributed by atoms with Gasteiger partial charge in [0, 0.05) is 6.54 Å². The van der Waals surface area contributed by atoms with Gasteiger partial charge in [0.2, 0.25) is 0 Å². The lowest BCUT2D eigenvalue weighted by Gasteiger charge is -2.33. The molecule has 1 unspecified atom stereocenters. The van der Waals surface area contributed by atoms with E-state index in [4.69, 9.17) is 0 Å². The van der Waals surface area contributed by atoms with E-state index in [0.717, 1.165) is 38.0 Å². The van der Waals surface area contributed by atoms with Gasteiger partial charge >= 0.3 is 5.97 Å². The number of aliphatic hydroxyl groups is 1. The second-order valence-corrected chi connectivity index (χ2v) is 4.54. The number of ether oxygens (including phenoxy) is 1. The number of carbonyl (C=O) groups is 1. The van der Waals surface area contributed by atoms with Crippen LogP contribution in [0, 0.1) is 5.92 Å². The molecule has 92 valence electrons. The fraction of sp³-hybridized carbons (Fsp3) is 0.750. The van der Waals surface area contributed by atoms with Crippen molar-refractivity contribution in [3.05, 3.63) is 12.2 Å². The van der Waals surface area contributed by atoms with Crippen molar-refractivity contribution in [2.75, 3.05) is 26.7 Å². The molecule has 1 fully saturated rings. The number of carbonyl (C=O) groups excluding carboxylic acids is 1. The fourth-order valence-electron chi connectivity index (χ4n) is 2.12. The number of methoxy groups -OCH3 is 1. The first kappa shape index (κ1) is 13.2. The molecule has 4 heteroatoms. The van der Waals surface area contributed by atoms with Crippen molar-refractivity contribution < 1.29 is 14.6 Å². The van der Waals surface area contributed by atoms with Gasteiger partial charge in [-0.05, 0) is 38.8 Å². The Morgan fingerprint density at radius 1 is 1.56 bits per heavy atom. The molecule has 1 heterocycles. The lowest BCUT2D eigenvalue weighted by atomic mass is 9.91. The number of nitrogens with zero attached hydrogens (tertiary/aromatic N) is 1. The first-order chi connectivity index (χ1) is 7.54. The van der Waals surface area contributed by atoms with Crippen LogP contribution < -0.4 is 0 Å². The largest absolute Gasteiger partial charge is 0.467 e. The maximum Gasteiger partial charge on any atom is 0.334 e. The van der Waals surface area contributed by atoms with Crippen LogP contribution in [0.3, 0.4) is 0 Å². The molecule has 0 aromatic carbocycles. The highest BCUT2D eigenvalue weighted by atomic mass is 16.5. The van der Waals surface area contributed by atoms with E-state index in [2.05, 4.69) is 16.2 Å². The molecule has 1 aliphatic rings. The lowest BCUT2D eigenvalue weighted by molar-refractivity contribution is -0.154. The molecule has 0 aliphatic carbocycles. The van der Waals surface area contributed by atoms with Crippen LogP contribution in [0.5, 0.6) is 0 Å². The van der Waals surface area contributed by atoms with E-state index in [9.17, 15) is 9.90 Å². The predicted octanol–water partition coefficient (Wildman–Crippen LogP) is 0.808. The van der Waals surface area contributed by atoms with E-state index in [1.165, 1.54) is 7.11 Å². The second kappa shape index (κ2) is 6.01. The van der Waals surface area contributed by atoms with Crippen LogP contribution in [0.25, 0.3) is 0 Å². The van der Waals surface area contributed by atoms with Gasteiger partial charge in [0.1, 0.15) is 0 Å². The van der Waals surface area contributed by atoms with E-state index >= 15 is 0 Å². The Labute approximate surface area is 96.9 Å². The summed E-state index contributed by atoms with van der Waals surface area (Å²) in [6, 6.07) is 0. The molecule has 1 atom stereocenters. The number of hydrogen-bond acceptors (Lipinski definition) is 4. The fourth-order valence-corrected chi connectivity index (χ4v) is 2.12. The number of piperidine rings is 1. The number of esters is 1. The monoisotopic (exact) mass is 227 g/mol. The molecule has 0 aromatic rings. The summed E-state index contributed by atoms with van der Waals surface area (Å²) in [5.41, 5.74) is 1.15. The lowest BCUT2D eigenvalue weighted by Crippen LogP contribution is -2.41. The van der Waals surface area contributed by atoms with Gasteiger partial charge in [-0.1, -0.05) is 12.2 Å². The molecule has 0 amide bonds. The predicted molar refractivity (Wildman–Crippen MR) is 62.0 cm³/mol. The zero-order valence-corrected chi connectivity index (χ0v) is 10.1. The summed E-state index contributed by atoms with van der Waals surface area (Å²) in [5, 5.41) is 9.70. The average Bonchev–Trinajstić information content (AvgIpc) is 2.27. The molecule has 1 saturated heterocycles. The molecule has 0 aromatic heterocycles. The van der Waals surface area contributed by atoms with Gasteiger partial charge in [0.25, 0.3) is 0 Å². The quantitative estimate of drug-likeness (QED) is 0.570. The van der Waals surface area contributed by atoms with Gasteiger partial charge < -0.3 is 9.84 Å². The maximum absolute atomic E-state index is 11.2. The van der Waals surface area contributed by atoms with Crippen molar-refractivity contribution in [3.63, 3.8) is 0 Å². The molecule has 1 aliphatic heterocycles. The zero-order valence-electron chi connectivity index (χ0n) is 10.1. The van der Waals surface area contributed by atoms with Gasteiger partial charge in [0.15, 0.2) is 6.10 Å². The highest BCUT2D eigenvalue weighted by molar-refractivity contribution is 5.74. The molecular formula is C12H21NO3. The van der Waals surface area contributed by atoms with Crippen molar-refractivity contribution in [3.8, 4) is 0 Å². The Bertz CT molecular complexity index is 257. The highest BCUT2D eigenvalue weighted by Crippen LogP contribution is 2.21. The summed E-state index contributed by atoms with van der Waals surface area (Å²) in [6.07, 6.45) is 0.713. The standard InChI is InChI=1S/C12H21NO3/c1-9(2)8-13-6-4-10(5-7-13)11(14)12(15)16-3/h10-11,14H,1,4-8H2,2-3H3. The Hall–Kier alpha value is -0.870. The van der Waals surface area contributed by atoms with Crippen molar-refractivity contribution in [1.29, 1.82) is 0 Å². The molecule has 1 N–H and O–H groups in total. The van der Waals surface area contributed by atoms with E-state index in [-0.39, 0.29) is 5.92 Å². The Kier molecular flexibility index (Phi) is 4.96. The zero-order chi connectivity index (χ0) is 12.1. The molecular weight excluding hydrogens is 206 g/mol. The summed E-state index contributed by atoms with van der Waals surface area (Å²) < 4.78 is 4.54. The second-order valence-electron chi connectivity index (χ2n) is 4.54. The summed E-state index contributed by atoms with van der Waals surface area (Å²) in [5.74, 6) is -0.479. The number of hydrogen-bond donors (Lipinski definition) is 1. The molecule has 0 spiro atoms. The number of aliphatic hydroxyl groups excluding tert-OH is 1. The minimum absolute atomic E-state index is 0.0359. The summed E-state index contributed by atoms with van der Waals surface area (Å²) in [7, 11) is 1.31. The normalized spacial score (nSPS) is 20.4. The SMILES string of the molecule is C=C(C)CN1CCC(C(O)C(=O)OC)CC1. The topological polar surface area (TPSA) is 49.8 Å². The molecule has 0 saturated carbocycles. The van der Waals surface area contributed by atoms with Crippen LogP contribution in [0.4, 0.5) is 0 Å². The minimum atomic E-state index is -0.961. The van der Waals surface area contributed by atoms with Crippen molar-refractivity contribution >= 4 is 5.97 Å². The summed E-state index contributed by atoms with van der Waals surface area (Å²) in [4.78, 5) is 13.5. The smallest absolute Gasteiger partial charge is 0.334 e. The third-order valence-corrected chi connectivity index (χ3v) is 3.01.